The summed E-state index contributed by atoms with van der Waals surface area (Å²) in [5.41, 5.74) is 0. The molecule has 0 amide bonds. The van der Waals surface area contributed by atoms with Gasteiger partial charge in [0.25, 0.3) is 0 Å². The van der Waals surface area contributed by atoms with Gasteiger partial charge in [-0.1, -0.05) is 6.92 Å². The highest BCUT2D eigenvalue weighted by Gasteiger charge is 2.25. The Bertz CT molecular complexity index is 284. The second-order valence-corrected chi connectivity index (χ2v) is 3.47. The van der Waals surface area contributed by atoms with E-state index in [0.29, 0.717) is 6.10 Å². The monoisotopic (exact) mass is 181 g/mol. The van der Waals surface area contributed by atoms with Gasteiger partial charge in [-0.05, 0) is 26.2 Å². The molecule has 0 radical (unpaired) electrons. The summed E-state index contributed by atoms with van der Waals surface area (Å²) in [6.45, 7) is 4.04. The molecule has 72 valence electrons. The van der Waals surface area contributed by atoms with E-state index in [1.165, 1.54) is 0 Å². The average molecular weight is 181 g/mol. The lowest BCUT2D eigenvalue weighted by Crippen LogP contribution is -2.11. The fraction of sp³-hybridized carbons (Fsp3) is 0.778. The molecule has 0 N–H and O–H groups in total. The van der Waals surface area contributed by atoms with Gasteiger partial charge in [-0.2, -0.15) is 5.10 Å². The number of hydrogen-bond acceptors (Lipinski definition) is 3. The first-order valence-corrected chi connectivity index (χ1v) is 4.83. The zero-order chi connectivity index (χ0) is 9.26. The van der Waals surface area contributed by atoms with Crippen LogP contribution in [0.1, 0.15) is 38.2 Å². The molecule has 0 aromatic carbocycles. The Morgan fingerprint density at radius 1 is 1.62 bits per heavy atom. The van der Waals surface area contributed by atoms with Gasteiger partial charge in [0.1, 0.15) is 12.2 Å². The fourth-order valence-electron chi connectivity index (χ4n) is 1.68. The van der Waals surface area contributed by atoms with Gasteiger partial charge in [0.15, 0.2) is 6.23 Å². The van der Waals surface area contributed by atoms with E-state index in [2.05, 4.69) is 17.0 Å². The van der Waals surface area contributed by atoms with Gasteiger partial charge in [0.05, 0.1) is 6.10 Å². The zero-order valence-corrected chi connectivity index (χ0v) is 8.10. The Labute approximate surface area is 77.9 Å². The van der Waals surface area contributed by atoms with Crippen molar-refractivity contribution in [2.45, 2.75) is 45.4 Å². The summed E-state index contributed by atoms with van der Waals surface area (Å²) < 4.78 is 7.59. The van der Waals surface area contributed by atoms with Crippen LogP contribution in [-0.2, 0) is 4.74 Å². The van der Waals surface area contributed by atoms with Gasteiger partial charge in [-0.3, -0.25) is 0 Å². The molecule has 0 spiro atoms. The zero-order valence-electron chi connectivity index (χ0n) is 8.10. The van der Waals surface area contributed by atoms with Crippen molar-refractivity contribution in [2.75, 3.05) is 0 Å². The Hall–Kier alpha value is -0.900. The summed E-state index contributed by atoms with van der Waals surface area (Å²) in [7, 11) is 0. The highest BCUT2D eigenvalue weighted by Crippen LogP contribution is 2.28. The summed E-state index contributed by atoms with van der Waals surface area (Å²) in [4.78, 5) is 4.08. The van der Waals surface area contributed by atoms with Crippen LogP contribution in [0.5, 0.6) is 0 Å². The molecule has 1 aliphatic rings. The Morgan fingerprint density at radius 3 is 3.00 bits per heavy atom. The van der Waals surface area contributed by atoms with Crippen molar-refractivity contribution in [3.05, 3.63) is 12.2 Å². The molecule has 1 aliphatic heterocycles. The maximum atomic E-state index is 5.77. The van der Waals surface area contributed by atoms with Crippen LogP contribution in [0.25, 0.3) is 0 Å². The SMILES string of the molecule is CC[C@@H]1CC[C@H](n2cnc(C)n2)O1. The van der Waals surface area contributed by atoms with Crippen LogP contribution in [0, 0.1) is 6.92 Å². The van der Waals surface area contributed by atoms with Gasteiger partial charge in [0.2, 0.25) is 0 Å². The average Bonchev–Trinajstić information content (AvgIpc) is 2.71. The molecule has 1 fully saturated rings. The van der Waals surface area contributed by atoms with Gasteiger partial charge < -0.3 is 4.74 Å². The topological polar surface area (TPSA) is 39.9 Å². The van der Waals surface area contributed by atoms with Crippen LogP contribution in [0.15, 0.2) is 6.33 Å². The van der Waals surface area contributed by atoms with Crippen LogP contribution < -0.4 is 0 Å². The molecule has 0 aliphatic carbocycles. The van der Waals surface area contributed by atoms with E-state index in [0.717, 1.165) is 25.1 Å². The van der Waals surface area contributed by atoms with Crippen LogP contribution in [0.3, 0.4) is 0 Å². The van der Waals surface area contributed by atoms with Gasteiger partial charge >= 0.3 is 0 Å². The molecule has 13 heavy (non-hydrogen) atoms. The van der Waals surface area contributed by atoms with Crippen molar-refractivity contribution >= 4 is 0 Å². The number of hydrogen-bond donors (Lipinski definition) is 0. The molecule has 1 saturated heterocycles. The lowest BCUT2D eigenvalue weighted by atomic mass is 10.2. The van der Waals surface area contributed by atoms with E-state index in [4.69, 9.17) is 4.74 Å². The lowest BCUT2D eigenvalue weighted by Gasteiger charge is -2.11. The van der Waals surface area contributed by atoms with Crippen molar-refractivity contribution in [3.63, 3.8) is 0 Å². The van der Waals surface area contributed by atoms with E-state index in [9.17, 15) is 0 Å². The van der Waals surface area contributed by atoms with Crippen molar-refractivity contribution in [3.8, 4) is 0 Å². The summed E-state index contributed by atoms with van der Waals surface area (Å²) in [6.07, 6.45) is 5.56. The maximum Gasteiger partial charge on any atom is 0.152 e. The number of rotatable bonds is 2. The molecule has 2 rings (SSSR count). The first kappa shape index (κ1) is 8.69. The van der Waals surface area contributed by atoms with Crippen LogP contribution in [0.2, 0.25) is 0 Å². The second kappa shape index (κ2) is 3.46. The standard InChI is InChI=1S/C9H15N3O/c1-3-8-4-5-9(13-8)12-6-10-7(2)11-12/h6,8-9H,3-5H2,1-2H3/t8-,9-/m1/s1. The maximum absolute atomic E-state index is 5.77. The second-order valence-electron chi connectivity index (χ2n) is 3.47. The first-order valence-electron chi connectivity index (χ1n) is 4.83. The number of nitrogens with zero attached hydrogens (tertiary/aromatic N) is 3. The summed E-state index contributed by atoms with van der Waals surface area (Å²) in [5.74, 6) is 0.809. The van der Waals surface area contributed by atoms with Crippen molar-refractivity contribution in [2.24, 2.45) is 0 Å². The summed E-state index contributed by atoms with van der Waals surface area (Å²) in [6, 6.07) is 0. The third-order valence-corrected chi connectivity index (χ3v) is 2.46. The van der Waals surface area contributed by atoms with Crippen LogP contribution in [0.4, 0.5) is 0 Å². The van der Waals surface area contributed by atoms with Crippen molar-refractivity contribution < 1.29 is 4.74 Å². The molecule has 0 saturated carbocycles. The lowest BCUT2D eigenvalue weighted by molar-refractivity contribution is -0.00672. The fourth-order valence-corrected chi connectivity index (χ4v) is 1.68. The predicted molar refractivity (Wildman–Crippen MR) is 48.2 cm³/mol. The first-order chi connectivity index (χ1) is 6.29. The summed E-state index contributed by atoms with van der Waals surface area (Å²) >= 11 is 0. The largest absolute Gasteiger partial charge is 0.353 e. The van der Waals surface area contributed by atoms with Crippen molar-refractivity contribution in [1.82, 2.24) is 14.8 Å². The minimum absolute atomic E-state index is 0.117. The van der Waals surface area contributed by atoms with Crippen LogP contribution in [-0.4, -0.2) is 20.9 Å². The Balaban J connectivity index is 2.03. The van der Waals surface area contributed by atoms with E-state index >= 15 is 0 Å². The van der Waals surface area contributed by atoms with E-state index in [1.54, 1.807) is 6.33 Å². The Morgan fingerprint density at radius 2 is 2.46 bits per heavy atom. The number of aryl methyl sites for hydroxylation is 1. The molecule has 4 nitrogen and oxygen atoms in total. The highest BCUT2D eigenvalue weighted by molar-refractivity contribution is 4.78. The van der Waals surface area contributed by atoms with E-state index < -0.39 is 0 Å². The van der Waals surface area contributed by atoms with Gasteiger partial charge in [-0.25, -0.2) is 9.67 Å². The smallest absolute Gasteiger partial charge is 0.152 e. The van der Waals surface area contributed by atoms with E-state index in [-0.39, 0.29) is 6.23 Å². The molecule has 1 aromatic heterocycles. The minimum atomic E-state index is 0.117. The van der Waals surface area contributed by atoms with Crippen LogP contribution >= 0.6 is 0 Å². The molecule has 1 aromatic rings. The molecule has 4 heteroatoms. The van der Waals surface area contributed by atoms with Crippen molar-refractivity contribution in [1.29, 1.82) is 0 Å². The molecule has 2 atom stereocenters. The van der Waals surface area contributed by atoms with Gasteiger partial charge in [0, 0.05) is 0 Å². The summed E-state index contributed by atoms with van der Waals surface area (Å²) in [5, 5.41) is 4.24. The molecule has 0 bridgehead atoms. The molecule has 2 heterocycles. The normalized spacial score (nSPS) is 28.2. The Kier molecular flexibility index (Phi) is 2.31. The molecular weight excluding hydrogens is 166 g/mol. The van der Waals surface area contributed by atoms with E-state index in [1.807, 2.05) is 11.6 Å². The highest BCUT2D eigenvalue weighted by atomic mass is 16.5. The number of ether oxygens (including phenoxy) is 1. The minimum Gasteiger partial charge on any atom is -0.353 e. The quantitative estimate of drug-likeness (QED) is 0.696. The number of aromatic nitrogens is 3. The predicted octanol–water partition coefficient (Wildman–Crippen LogP) is 1.67. The third-order valence-electron chi connectivity index (χ3n) is 2.46. The third kappa shape index (κ3) is 1.72. The van der Waals surface area contributed by atoms with Gasteiger partial charge in [-0.15, -0.1) is 0 Å². The molecule has 0 unspecified atom stereocenters. The molecular formula is C9H15N3O.